The van der Waals surface area contributed by atoms with E-state index in [-0.39, 0.29) is 12.5 Å². The van der Waals surface area contributed by atoms with Gasteiger partial charge in [0.2, 0.25) is 0 Å². The lowest BCUT2D eigenvalue weighted by Crippen LogP contribution is -2.31. The van der Waals surface area contributed by atoms with Gasteiger partial charge in [-0.1, -0.05) is 20.3 Å². The van der Waals surface area contributed by atoms with Gasteiger partial charge in [-0.2, -0.15) is 0 Å². The van der Waals surface area contributed by atoms with Gasteiger partial charge in [-0.25, -0.2) is 4.79 Å². The zero-order valence-corrected chi connectivity index (χ0v) is 8.90. The number of ether oxygens (including phenoxy) is 1. The predicted octanol–water partition coefficient (Wildman–Crippen LogP) is 1.27. The number of hydrogen-bond donors (Lipinski definition) is 2. The third kappa shape index (κ3) is 5.19. The molecule has 2 atom stereocenters. The molecule has 0 aliphatic rings. The van der Waals surface area contributed by atoms with Crippen molar-refractivity contribution in [3.8, 4) is 0 Å². The Morgan fingerprint density at radius 1 is 1.50 bits per heavy atom. The van der Waals surface area contributed by atoms with Crippen LogP contribution in [-0.2, 0) is 9.53 Å². The van der Waals surface area contributed by atoms with Crippen LogP contribution in [0.15, 0.2) is 0 Å². The Morgan fingerprint density at radius 2 is 2.14 bits per heavy atom. The van der Waals surface area contributed by atoms with Crippen LogP contribution in [0.4, 0.5) is 0 Å². The minimum absolute atomic E-state index is 0.0243. The molecule has 4 nitrogen and oxygen atoms in total. The minimum Gasteiger partial charge on any atom is -0.479 e. The molecular formula is C10H20O4. The first-order chi connectivity index (χ1) is 6.63. The Labute approximate surface area is 84.9 Å². The van der Waals surface area contributed by atoms with E-state index in [2.05, 4.69) is 0 Å². The molecule has 0 rings (SSSR count). The lowest BCUT2D eigenvalue weighted by Gasteiger charge is -2.19. The summed E-state index contributed by atoms with van der Waals surface area (Å²) in [6.45, 7) is 4.24. The number of carbonyl (C=O) groups is 1. The molecule has 0 aliphatic heterocycles. The van der Waals surface area contributed by atoms with Crippen LogP contribution in [0.5, 0.6) is 0 Å². The number of carboxylic acid groups (broad SMARTS) is 1. The highest BCUT2D eigenvalue weighted by Gasteiger charge is 2.24. The van der Waals surface area contributed by atoms with E-state index >= 15 is 0 Å². The van der Waals surface area contributed by atoms with Gasteiger partial charge in [0.15, 0.2) is 6.10 Å². The average molecular weight is 204 g/mol. The zero-order chi connectivity index (χ0) is 11.0. The van der Waals surface area contributed by atoms with E-state index in [1.165, 1.54) is 0 Å². The van der Waals surface area contributed by atoms with Crippen molar-refractivity contribution in [3.63, 3.8) is 0 Å². The van der Waals surface area contributed by atoms with Crippen LogP contribution in [0.2, 0.25) is 0 Å². The Bertz CT molecular complexity index is 158. The molecule has 0 fully saturated rings. The van der Waals surface area contributed by atoms with Crippen LogP contribution in [0, 0.1) is 5.92 Å². The largest absolute Gasteiger partial charge is 0.479 e. The van der Waals surface area contributed by atoms with Crippen LogP contribution in [0.3, 0.4) is 0 Å². The maximum Gasteiger partial charge on any atom is 0.333 e. The van der Waals surface area contributed by atoms with Crippen molar-refractivity contribution >= 4 is 5.97 Å². The third-order valence-corrected chi connectivity index (χ3v) is 2.10. The molecule has 0 aliphatic carbocycles. The Balaban J connectivity index is 3.94. The molecule has 0 aromatic rings. The molecule has 2 N–H and O–H groups in total. The molecule has 0 spiro atoms. The molecule has 0 saturated heterocycles. The normalized spacial score (nSPS) is 15.1. The van der Waals surface area contributed by atoms with E-state index in [9.17, 15) is 4.79 Å². The lowest BCUT2D eigenvalue weighted by molar-refractivity contribution is -0.154. The fourth-order valence-corrected chi connectivity index (χ4v) is 1.36. The van der Waals surface area contributed by atoms with Crippen molar-refractivity contribution in [1.29, 1.82) is 0 Å². The number of carboxylic acids is 1. The van der Waals surface area contributed by atoms with Crippen molar-refractivity contribution in [1.82, 2.24) is 0 Å². The molecule has 0 bridgehead atoms. The van der Waals surface area contributed by atoms with Crippen molar-refractivity contribution in [3.05, 3.63) is 0 Å². The quantitative estimate of drug-likeness (QED) is 0.584. The number of aliphatic hydroxyl groups excluding tert-OH is 1. The number of aliphatic hydroxyl groups is 1. The summed E-state index contributed by atoms with van der Waals surface area (Å²) in [4.78, 5) is 10.8. The molecule has 4 heteroatoms. The zero-order valence-electron chi connectivity index (χ0n) is 8.90. The summed E-state index contributed by atoms with van der Waals surface area (Å²) in [5.41, 5.74) is 0. The SMILES string of the molecule is CCCC(C)C(OCCCO)C(=O)O. The molecule has 0 amide bonds. The van der Waals surface area contributed by atoms with Crippen LogP contribution >= 0.6 is 0 Å². The van der Waals surface area contributed by atoms with Gasteiger partial charge in [-0.3, -0.25) is 0 Å². The summed E-state index contributed by atoms with van der Waals surface area (Å²) in [5, 5.41) is 17.4. The highest BCUT2D eigenvalue weighted by molar-refractivity contribution is 5.72. The van der Waals surface area contributed by atoms with Gasteiger partial charge in [0.1, 0.15) is 0 Å². The Morgan fingerprint density at radius 3 is 2.57 bits per heavy atom. The smallest absolute Gasteiger partial charge is 0.333 e. The Kier molecular flexibility index (Phi) is 7.42. The summed E-state index contributed by atoms with van der Waals surface area (Å²) in [7, 11) is 0. The topological polar surface area (TPSA) is 66.8 Å². The van der Waals surface area contributed by atoms with Crippen LogP contribution in [0.25, 0.3) is 0 Å². The molecule has 0 heterocycles. The van der Waals surface area contributed by atoms with Crippen LogP contribution < -0.4 is 0 Å². The Hall–Kier alpha value is -0.610. The van der Waals surface area contributed by atoms with Crippen LogP contribution in [-0.4, -0.2) is 35.5 Å². The second kappa shape index (κ2) is 7.76. The van der Waals surface area contributed by atoms with Crippen molar-refractivity contribution < 1.29 is 19.7 Å². The fraction of sp³-hybridized carbons (Fsp3) is 0.900. The van der Waals surface area contributed by atoms with E-state index in [4.69, 9.17) is 14.9 Å². The number of hydrogen-bond acceptors (Lipinski definition) is 3. The summed E-state index contributed by atoms with van der Waals surface area (Å²) >= 11 is 0. The maximum absolute atomic E-state index is 10.8. The third-order valence-electron chi connectivity index (χ3n) is 2.10. The van der Waals surface area contributed by atoms with E-state index in [1.807, 2.05) is 13.8 Å². The predicted molar refractivity (Wildman–Crippen MR) is 53.2 cm³/mol. The molecule has 14 heavy (non-hydrogen) atoms. The average Bonchev–Trinajstić information content (AvgIpc) is 2.12. The fourth-order valence-electron chi connectivity index (χ4n) is 1.36. The van der Waals surface area contributed by atoms with E-state index < -0.39 is 12.1 Å². The van der Waals surface area contributed by atoms with E-state index in [1.54, 1.807) is 0 Å². The van der Waals surface area contributed by atoms with Crippen molar-refractivity contribution in [2.75, 3.05) is 13.2 Å². The molecule has 0 radical (unpaired) electrons. The summed E-state index contributed by atoms with van der Waals surface area (Å²) in [6.07, 6.45) is 1.55. The second-order valence-electron chi connectivity index (χ2n) is 3.47. The number of aliphatic carboxylic acids is 1. The van der Waals surface area contributed by atoms with E-state index in [0.29, 0.717) is 13.0 Å². The van der Waals surface area contributed by atoms with Crippen molar-refractivity contribution in [2.24, 2.45) is 5.92 Å². The first-order valence-corrected chi connectivity index (χ1v) is 5.08. The van der Waals surface area contributed by atoms with Gasteiger partial charge in [0.05, 0.1) is 0 Å². The van der Waals surface area contributed by atoms with Gasteiger partial charge in [0, 0.05) is 13.2 Å². The van der Waals surface area contributed by atoms with Gasteiger partial charge < -0.3 is 14.9 Å². The van der Waals surface area contributed by atoms with Crippen LogP contribution in [0.1, 0.15) is 33.1 Å². The van der Waals surface area contributed by atoms with Gasteiger partial charge >= 0.3 is 5.97 Å². The van der Waals surface area contributed by atoms with E-state index in [0.717, 1.165) is 12.8 Å². The molecule has 84 valence electrons. The minimum atomic E-state index is -0.913. The van der Waals surface area contributed by atoms with Gasteiger partial charge in [-0.05, 0) is 18.8 Å². The molecule has 0 aromatic heterocycles. The maximum atomic E-state index is 10.8. The molecule has 2 unspecified atom stereocenters. The summed E-state index contributed by atoms with van der Waals surface area (Å²) in [6, 6.07) is 0. The highest BCUT2D eigenvalue weighted by atomic mass is 16.5. The summed E-state index contributed by atoms with van der Waals surface area (Å²) < 4.78 is 5.20. The van der Waals surface area contributed by atoms with Gasteiger partial charge in [-0.15, -0.1) is 0 Å². The van der Waals surface area contributed by atoms with Crippen molar-refractivity contribution in [2.45, 2.75) is 39.2 Å². The first-order valence-electron chi connectivity index (χ1n) is 5.08. The van der Waals surface area contributed by atoms with Gasteiger partial charge in [0.25, 0.3) is 0 Å². The molecule has 0 aromatic carbocycles. The monoisotopic (exact) mass is 204 g/mol. The summed E-state index contributed by atoms with van der Waals surface area (Å²) in [5.74, 6) is -0.889. The lowest BCUT2D eigenvalue weighted by atomic mass is 9.99. The molecule has 0 saturated carbocycles. The highest BCUT2D eigenvalue weighted by Crippen LogP contribution is 2.14. The standard InChI is InChI=1S/C10H20O4/c1-3-5-8(2)9(10(12)13)14-7-4-6-11/h8-9,11H,3-7H2,1-2H3,(H,12,13). The molecular weight excluding hydrogens is 184 g/mol. The second-order valence-corrected chi connectivity index (χ2v) is 3.47. The first kappa shape index (κ1) is 13.4. The number of rotatable bonds is 8.